The lowest BCUT2D eigenvalue weighted by Crippen LogP contribution is -2.47. The van der Waals surface area contributed by atoms with Gasteiger partial charge in [0.25, 0.3) is 0 Å². The van der Waals surface area contributed by atoms with Gasteiger partial charge in [-0.2, -0.15) is 37.7 Å². The van der Waals surface area contributed by atoms with Gasteiger partial charge in [-0.25, -0.2) is 0 Å². The summed E-state index contributed by atoms with van der Waals surface area (Å²) in [6.45, 7) is 0.788. The molecule has 8 nitrogen and oxygen atoms in total. The van der Waals surface area contributed by atoms with E-state index in [2.05, 4.69) is 19.6 Å². The number of hydrogen-bond acceptors (Lipinski definition) is 7. The molecule has 32 heavy (non-hydrogen) atoms. The summed E-state index contributed by atoms with van der Waals surface area (Å²) in [4.78, 5) is 4.21. The van der Waals surface area contributed by atoms with Crippen LogP contribution in [0.1, 0.15) is 11.6 Å². The Morgan fingerprint density at radius 3 is 2.38 bits per heavy atom. The predicted octanol–water partition coefficient (Wildman–Crippen LogP) is 3.45. The summed E-state index contributed by atoms with van der Waals surface area (Å²) in [6.07, 6.45) is -3.47. The second-order valence-corrected chi connectivity index (χ2v) is 9.89. The van der Waals surface area contributed by atoms with E-state index in [0.717, 1.165) is 11.5 Å². The second kappa shape index (κ2) is 9.08. The minimum atomic E-state index is -4.74. The van der Waals surface area contributed by atoms with Gasteiger partial charge in [-0.05, 0) is 24.3 Å². The van der Waals surface area contributed by atoms with Crippen LogP contribution in [0.4, 0.5) is 18.9 Å². The minimum Gasteiger partial charge on any atom is -0.413 e. The Balaban J connectivity index is 1.59. The van der Waals surface area contributed by atoms with E-state index < -0.39 is 22.3 Å². The van der Waals surface area contributed by atoms with Gasteiger partial charge in [0.05, 0.1) is 23.5 Å². The van der Waals surface area contributed by atoms with E-state index in [1.165, 1.54) is 26.9 Å². The zero-order valence-electron chi connectivity index (χ0n) is 16.6. The highest BCUT2D eigenvalue weighted by Crippen LogP contribution is 2.30. The fourth-order valence-corrected chi connectivity index (χ4v) is 5.80. The first-order valence-electron chi connectivity index (χ1n) is 9.52. The molecule has 1 aliphatic heterocycles. The standard InChI is InChI=1S/C19H18F3N5O3S2/c20-19(21,22)18-25-24-17(30-18)14-6-7-15(23-12-14)13-27(16-4-2-1-3-5-16)32(28,29)26-8-10-31-11-9-26/h1-7,12H,8-11,13H2. The average molecular weight is 486 g/mol. The van der Waals surface area contributed by atoms with Crippen molar-refractivity contribution >= 4 is 27.7 Å². The maximum Gasteiger partial charge on any atom is 0.470 e. The smallest absolute Gasteiger partial charge is 0.413 e. The summed E-state index contributed by atoms with van der Waals surface area (Å²) in [5, 5.41) is 6.39. The molecule has 0 saturated carbocycles. The fourth-order valence-electron chi connectivity index (χ4n) is 3.06. The molecular weight excluding hydrogens is 467 g/mol. The van der Waals surface area contributed by atoms with Crippen LogP contribution in [0.15, 0.2) is 53.1 Å². The first kappa shape index (κ1) is 22.6. The molecule has 1 fully saturated rings. The number of pyridine rings is 1. The van der Waals surface area contributed by atoms with Gasteiger partial charge in [0.15, 0.2) is 0 Å². The van der Waals surface area contributed by atoms with Crippen LogP contribution in [0.3, 0.4) is 0 Å². The van der Waals surface area contributed by atoms with E-state index in [9.17, 15) is 21.6 Å². The number of nitrogens with zero attached hydrogens (tertiary/aromatic N) is 5. The Labute approximate surface area is 186 Å². The van der Waals surface area contributed by atoms with Crippen LogP contribution in [0.5, 0.6) is 0 Å². The van der Waals surface area contributed by atoms with Crippen LogP contribution in [0.2, 0.25) is 0 Å². The molecule has 3 heterocycles. The van der Waals surface area contributed by atoms with E-state index in [4.69, 9.17) is 0 Å². The van der Waals surface area contributed by atoms with Gasteiger partial charge in [0, 0.05) is 30.8 Å². The Bertz CT molecular complexity index is 1150. The lowest BCUT2D eigenvalue weighted by Gasteiger charge is -2.33. The summed E-state index contributed by atoms with van der Waals surface area (Å²) < 4.78 is 72.1. The molecule has 170 valence electrons. The van der Waals surface area contributed by atoms with Crippen LogP contribution in [0.25, 0.3) is 11.5 Å². The first-order valence-corrected chi connectivity index (χ1v) is 12.1. The summed E-state index contributed by atoms with van der Waals surface area (Å²) in [5.74, 6) is -0.329. The van der Waals surface area contributed by atoms with E-state index in [1.807, 2.05) is 0 Å². The summed E-state index contributed by atoms with van der Waals surface area (Å²) >= 11 is 1.70. The Hall–Kier alpha value is -2.64. The maximum atomic E-state index is 13.4. The molecule has 2 aromatic heterocycles. The molecule has 0 radical (unpaired) electrons. The van der Waals surface area contributed by atoms with Gasteiger partial charge in [-0.3, -0.25) is 9.29 Å². The van der Waals surface area contributed by atoms with Crippen LogP contribution < -0.4 is 4.31 Å². The Morgan fingerprint density at radius 2 is 1.78 bits per heavy atom. The van der Waals surface area contributed by atoms with Crippen molar-refractivity contribution in [2.75, 3.05) is 28.9 Å². The number of benzene rings is 1. The van der Waals surface area contributed by atoms with Crippen molar-refractivity contribution in [1.82, 2.24) is 19.5 Å². The zero-order valence-corrected chi connectivity index (χ0v) is 18.2. The molecule has 1 saturated heterocycles. The molecule has 4 rings (SSSR count). The third-order valence-corrected chi connectivity index (χ3v) is 7.52. The fraction of sp³-hybridized carbons (Fsp3) is 0.316. The normalized spacial score (nSPS) is 15.6. The van der Waals surface area contributed by atoms with Crippen molar-refractivity contribution in [3.05, 3.63) is 60.2 Å². The minimum absolute atomic E-state index is 0.0477. The zero-order chi connectivity index (χ0) is 22.8. The molecule has 0 amide bonds. The highest BCUT2D eigenvalue weighted by atomic mass is 32.2. The molecule has 1 aliphatic rings. The van der Waals surface area contributed by atoms with Gasteiger partial charge in [0.2, 0.25) is 5.89 Å². The van der Waals surface area contributed by atoms with Crippen molar-refractivity contribution in [3.8, 4) is 11.5 Å². The molecular formula is C19H18F3N5O3S2. The molecule has 0 aliphatic carbocycles. The van der Waals surface area contributed by atoms with Crippen molar-refractivity contribution in [2.45, 2.75) is 12.7 Å². The van der Waals surface area contributed by atoms with E-state index in [1.54, 1.807) is 42.1 Å². The number of alkyl halides is 3. The van der Waals surface area contributed by atoms with Crippen molar-refractivity contribution in [3.63, 3.8) is 0 Å². The first-order chi connectivity index (χ1) is 15.2. The van der Waals surface area contributed by atoms with Gasteiger partial charge in [-0.1, -0.05) is 18.2 Å². The Kier molecular flexibility index (Phi) is 6.40. The summed E-state index contributed by atoms with van der Waals surface area (Å²) in [7, 11) is -3.80. The van der Waals surface area contributed by atoms with Crippen molar-refractivity contribution in [1.29, 1.82) is 0 Å². The SMILES string of the molecule is O=S(=O)(N1CCSCC1)N(Cc1ccc(-c2nnc(C(F)(F)F)o2)cn1)c1ccccc1. The highest BCUT2D eigenvalue weighted by Gasteiger charge is 2.38. The van der Waals surface area contributed by atoms with Crippen molar-refractivity contribution < 1.29 is 26.0 Å². The topological polar surface area (TPSA) is 92.4 Å². The molecule has 0 spiro atoms. The van der Waals surface area contributed by atoms with Crippen LogP contribution >= 0.6 is 11.8 Å². The predicted molar refractivity (Wildman–Crippen MR) is 113 cm³/mol. The molecule has 0 N–H and O–H groups in total. The lowest BCUT2D eigenvalue weighted by molar-refractivity contribution is -0.156. The Morgan fingerprint density at radius 1 is 1.06 bits per heavy atom. The highest BCUT2D eigenvalue weighted by molar-refractivity contribution is 7.99. The maximum absolute atomic E-state index is 13.4. The second-order valence-electron chi connectivity index (χ2n) is 6.81. The van der Waals surface area contributed by atoms with E-state index in [0.29, 0.717) is 24.5 Å². The quantitative estimate of drug-likeness (QED) is 0.528. The third kappa shape index (κ3) is 4.89. The van der Waals surface area contributed by atoms with Crippen LogP contribution in [0, 0.1) is 0 Å². The number of halogens is 3. The van der Waals surface area contributed by atoms with Gasteiger partial charge < -0.3 is 4.42 Å². The molecule has 0 unspecified atom stereocenters. The number of hydrogen-bond donors (Lipinski definition) is 0. The molecule has 0 bridgehead atoms. The lowest BCUT2D eigenvalue weighted by atomic mass is 10.2. The van der Waals surface area contributed by atoms with E-state index >= 15 is 0 Å². The summed E-state index contributed by atoms with van der Waals surface area (Å²) in [5.41, 5.74) is 1.09. The number of aromatic nitrogens is 3. The van der Waals surface area contributed by atoms with Gasteiger partial charge in [0.1, 0.15) is 0 Å². The van der Waals surface area contributed by atoms with Crippen molar-refractivity contribution in [2.24, 2.45) is 0 Å². The molecule has 1 aromatic carbocycles. The van der Waals surface area contributed by atoms with Crippen LogP contribution in [-0.2, 0) is 22.9 Å². The van der Waals surface area contributed by atoms with Crippen LogP contribution in [-0.4, -0.2) is 52.5 Å². The summed E-state index contributed by atoms with van der Waals surface area (Å²) in [6, 6.07) is 11.7. The number of anilines is 1. The van der Waals surface area contributed by atoms with Gasteiger partial charge in [-0.15, -0.1) is 10.2 Å². The monoisotopic (exact) mass is 485 g/mol. The van der Waals surface area contributed by atoms with E-state index in [-0.39, 0.29) is 18.0 Å². The number of para-hydroxylation sites is 1. The van der Waals surface area contributed by atoms with Gasteiger partial charge >= 0.3 is 22.3 Å². The molecule has 13 heteroatoms. The average Bonchev–Trinajstić information content (AvgIpc) is 3.30. The molecule has 0 atom stereocenters. The largest absolute Gasteiger partial charge is 0.470 e. The molecule has 3 aromatic rings. The number of rotatable bonds is 6. The third-order valence-electron chi connectivity index (χ3n) is 4.66. The number of thioether (sulfide) groups is 1.